The summed E-state index contributed by atoms with van der Waals surface area (Å²) in [7, 11) is 0. The van der Waals surface area contributed by atoms with Gasteiger partial charge in [-0.3, -0.25) is 0 Å². The van der Waals surface area contributed by atoms with Crippen LogP contribution < -0.4 is 5.32 Å². The monoisotopic (exact) mass is 321 g/mol. The van der Waals surface area contributed by atoms with Gasteiger partial charge in [-0.15, -0.1) is 0 Å². The van der Waals surface area contributed by atoms with E-state index in [1.807, 2.05) is 12.1 Å². The summed E-state index contributed by atoms with van der Waals surface area (Å²) in [6.45, 7) is 3.04. The molecule has 1 N–H and O–H groups in total. The summed E-state index contributed by atoms with van der Waals surface area (Å²) in [5.41, 5.74) is 2.01. The highest BCUT2D eigenvalue weighted by Gasteiger charge is 2.26. The Hall–Kier alpha value is -1.32. The molecule has 1 aliphatic rings. The molecule has 1 aromatic heterocycles. The van der Waals surface area contributed by atoms with Gasteiger partial charge in [0.15, 0.2) is 5.82 Å². The summed E-state index contributed by atoms with van der Waals surface area (Å²) >= 11 is 12.1. The summed E-state index contributed by atoms with van der Waals surface area (Å²) in [5.74, 6) is 2.17. The third-order valence-electron chi connectivity index (χ3n) is 3.48. The van der Waals surface area contributed by atoms with Gasteiger partial charge in [0.25, 0.3) is 0 Å². The van der Waals surface area contributed by atoms with Crippen molar-refractivity contribution in [3.63, 3.8) is 0 Å². The maximum Gasteiger partial charge on any atom is 0.161 e. The highest BCUT2D eigenvalue weighted by atomic mass is 35.5. The number of halogens is 2. The van der Waals surface area contributed by atoms with Crippen LogP contribution in [0.3, 0.4) is 0 Å². The van der Waals surface area contributed by atoms with Crippen molar-refractivity contribution in [1.82, 2.24) is 9.97 Å². The van der Waals surface area contributed by atoms with Crippen molar-refractivity contribution in [2.24, 2.45) is 0 Å². The first kappa shape index (κ1) is 14.6. The van der Waals surface area contributed by atoms with Crippen molar-refractivity contribution >= 4 is 29.0 Å². The second kappa shape index (κ2) is 6.20. The summed E-state index contributed by atoms with van der Waals surface area (Å²) in [4.78, 5) is 9.29. The molecule has 5 heteroatoms. The van der Waals surface area contributed by atoms with Crippen LogP contribution in [0.5, 0.6) is 0 Å². The lowest BCUT2D eigenvalue weighted by Gasteiger charge is -2.10. The summed E-state index contributed by atoms with van der Waals surface area (Å²) in [6, 6.07) is 7.57. The van der Waals surface area contributed by atoms with Gasteiger partial charge in [-0.2, -0.15) is 0 Å². The summed E-state index contributed by atoms with van der Waals surface area (Å²) < 4.78 is 0. The van der Waals surface area contributed by atoms with Crippen LogP contribution in [-0.2, 0) is 0 Å². The number of nitrogens with zero attached hydrogens (tertiary/aromatic N) is 2. The van der Waals surface area contributed by atoms with E-state index in [1.54, 1.807) is 6.07 Å². The second-order valence-electron chi connectivity index (χ2n) is 5.33. The fraction of sp³-hybridized carbons (Fsp3) is 0.375. The molecule has 0 spiro atoms. The highest BCUT2D eigenvalue weighted by molar-refractivity contribution is 6.42. The minimum Gasteiger partial charge on any atom is -0.370 e. The highest BCUT2D eigenvalue weighted by Crippen LogP contribution is 2.40. The molecule has 0 amide bonds. The topological polar surface area (TPSA) is 37.8 Å². The van der Waals surface area contributed by atoms with E-state index in [9.17, 15) is 0 Å². The van der Waals surface area contributed by atoms with Crippen LogP contribution in [0.15, 0.2) is 24.3 Å². The Morgan fingerprint density at radius 2 is 1.95 bits per heavy atom. The molecule has 1 saturated carbocycles. The van der Waals surface area contributed by atoms with Crippen molar-refractivity contribution in [3.05, 3.63) is 40.0 Å². The number of anilines is 1. The average Bonchev–Trinajstić information content (AvgIpc) is 3.32. The lowest BCUT2D eigenvalue weighted by molar-refractivity contribution is 0.948. The van der Waals surface area contributed by atoms with Gasteiger partial charge in [0, 0.05) is 29.8 Å². The van der Waals surface area contributed by atoms with Gasteiger partial charge in [0.2, 0.25) is 0 Å². The van der Waals surface area contributed by atoms with E-state index in [4.69, 9.17) is 28.2 Å². The normalized spacial score (nSPS) is 14.2. The van der Waals surface area contributed by atoms with Crippen molar-refractivity contribution in [2.45, 2.75) is 32.1 Å². The molecule has 0 atom stereocenters. The zero-order chi connectivity index (χ0) is 14.8. The number of benzene rings is 1. The maximum atomic E-state index is 6.10. The average molecular weight is 322 g/mol. The number of aromatic nitrogens is 2. The van der Waals surface area contributed by atoms with Crippen LogP contribution in [0.2, 0.25) is 10.0 Å². The molecule has 110 valence electrons. The molecule has 0 unspecified atom stereocenters. The zero-order valence-corrected chi connectivity index (χ0v) is 13.4. The van der Waals surface area contributed by atoms with Gasteiger partial charge < -0.3 is 5.32 Å². The zero-order valence-electron chi connectivity index (χ0n) is 11.9. The van der Waals surface area contributed by atoms with Crippen LogP contribution >= 0.6 is 23.2 Å². The Labute approximate surface area is 134 Å². The van der Waals surface area contributed by atoms with Crippen molar-refractivity contribution in [1.29, 1.82) is 0 Å². The molecule has 0 aliphatic heterocycles. The molecule has 3 rings (SSSR count). The standard InChI is InChI=1S/C16H17Cl2N3/c1-2-7-19-15-9-14(10-3-4-10)20-16(21-15)11-5-6-12(17)13(18)8-11/h5-6,8-10H,2-4,7H2,1H3,(H,19,20,21). The van der Waals surface area contributed by atoms with Crippen LogP contribution in [0.4, 0.5) is 5.82 Å². The van der Waals surface area contributed by atoms with Gasteiger partial charge in [0.1, 0.15) is 5.82 Å². The van der Waals surface area contributed by atoms with E-state index < -0.39 is 0 Å². The third kappa shape index (κ3) is 3.47. The van der Waals surface area contributed by atoms with Gasteiger partial charge >= 0.3 is 0 Å². The Kier molecular flexibility index (Phi) is 4.32. The number of nitrogens with one attached hydrogen (secondary N) is 1. The van der Waals surface area contributed by atoms with E-state index in [0.29, 0.717) is 21.8 Å². The molecule has 1 fully saturated rings. The predicted molar refractivity (Wildman–Crippen MR) is 88.2 cm³/mol. The summed E-state index contributed by atoms with van der Waals surface area (Å²) in [6.07, 6.45) is 3.49. The number of hydrogen-bond donors (Lipinski definition) is 1. The predicted octanol–water partition coefficient (Wildman–Crippen LogP) is 5.15. The van der Waals surface area contributed by atoms with Crippen molar-refractivity contribution in [2.75, 3.05) is 11.9 Å². The van der Waals surface area contributed by atoms with Gasteiger partial charge in [-0.25, -0.2) is 9.97 Å². The van der Waals surface area contributed by atoms with Crippen LogP contribution in [0.25, 0.3) is 11.4 Å². The minimum atomic E-state index is 0.526. The van der Waals surface area contributed by atoms with E-state index >= 15 is 0 Å². The first-order valence-electron chi connectivity index (χ1n) is 7.25. The Morgan fingerprint density at radius 1 is 1.14 bits per heavy atom. The second-order valence-corrected chi connectivity index (χ2v) is 6.15. The van der Waals surface area contributed by atoms with Gasteiger partial charge in [-0.05, 0) is 37.5 Å². The fourth-order valence-corrected chi connectivity index (χ4v) is 2.46. The van der Waals surface area contributed by atoms with Crippen LogP contribution in [0.1, 0.15) is 37.8 Å². The molecular weight excluding hydrogens is 305 g/mol. The van der Waals surface area contributed by atoms with E-state index in [-0.39, 0.29) is 0 Å². The van der Waals surface area contributed by atoms with Gasteiger partial charge in [0.05, 0.1) is 10.0 Å². The molecular formula is C16H17Cl2N3. The Balaban J connectivity index is 1.99. The lowest BCUT2D eigenvalue weighted by atomic mass is 10.2. The van der Waals surface area contributed by atoms with Crippen LogP contribution in [0, 0.1) is 0 Å². The molecule has 0 radical (unpaired) electrons. The van der Waals surface area contributed by atoms with E-state index in [1.165, 1.54) is 12.8 Å². The summed E-state index contributed by atoms with van der Waals surface area (Å²) in [5, 5.41) is 4.41. The Bertz CT molecular complexity index is 654. The first-order chi connectivity index (χ1) is 10.2. The SMILES string of the molecule is CCCNc1cc(C2CC2)nc(-c2ccc(Cl)c(Cl)c2)n1. The molecule has 2 aromatic rings. The lowest BCUT2D eigenvalue weighted by Crippen LogP contribution is -2.05. The molecule has 3 nitrogen and oxygen atoms in total. The largest absolute Gasteiger partial charge is 0.370 e. The fourth-order valence-electron chi connectivity index (χ4n) is 2.16. The van der Waals surface area contributed by atoms with E-state index in [0.717, 1.165) is 30.0 Å². The van der Waals surface area contributed by atoms with Crippen molar-refractivity contribution in [3.8, 4) is 11.4 Å². The number of rotatable bonds is 5. The number of hydrogen-bond acceptors (Lipinski definition) is 3. The van der Waals surface area contributed by atoms with Crippen molar-refractivity contribution < 1.29 is 0 Å². The first-order valence-corrected chi connectivity index (χ1v) is 8.01. The smallest absolute Gasteiger partial charge is 0.161 e. The van der Waals surface area contributed by atoms with Gasteiger partial charge in [-0.1, -0.05) is 30.1 Å². The molecule has 21 heavy (non-hydrogen) atoms. The minimum absolute atomic E-state index is 0.526. The molecule has 0 saturated heterocycles. The quantitative estimate of drug-likeness (QED) is 0.827. The van der Waals surface area contributed by atoms with Crippen LogP contribution in [-0.4, -0.2) is 16.5 Å². The molecule has 1 heterocycles. The maximum absolute atomic E-state index is 6.10. The molecule has 0 bridgehead atoms. The molecule has 1 aromatic carbocycles. The van der Waals surface area contributed by atoms with E-state index in [2.05, 4.69) is 23.3 Å². The Morgan fingerprint density at radius 3 is 2.62 bits per heavy atom. The molecule has 1 aliphatic carbocycles. The third-order valence-corrected chi connectivity index (χ3v) is 4.21.